The largest absolute Gasteiger partial charge is 0.477 e. The highest BCUT2D eigenvalue weighted by molar-refractivity contribution is 7.13. The lowest BCUT2D eigenvalue weighted by Gasteiger charge is -2.38. The van der Waals surface area contributed by atoms with E-state index in [-0.39, 0.29) is 5.41 Å². The summed E-state index contributed by atoms with van der Waals surface area (Å²) in [5, 5.41) is 10.4. The average Bonchev–Trinajstić information content (AvgIpc) is 2.82. The molecule has 0 bridgehead atoms. The number of thiazole rings is 1. The van der Waals surface area contributed by atoms with Crippen molar-refractivity contribution in [1.29, 1.82) is 0 Å². The lowest BCUT2D eigenvalue weighted by Crippen LogP contribution is -2.44. The Morgan fingerprint density at radius 3 is 2.36 bits per heavy atom. The molecule has 0 amide bonds. The molecule has 22 heavy (non-hydrogen) atoms. The van der Waals surface area contributed by atoms with Gasteiger partial charge in [-0.2, -0.15) is 0 Å². The molecule has 1 aromatic rings. The monoisotopic (exact) mass is 324 g/mol. The fraction of sp³-hybridized carbons (Fsp3) is 0.765. The van der Waals surface area contributed by atoms with Gasteiger partial charge < -0.3 is 5.11 Å². The minimum Gasteiger partial charge on any atom is -0.477 e. The van der Waals surface area contributed by atoms with Crippen molar-refractivity contribution in [3.8, 4) is 0 Å². The number of aromatic carboxylic acids is 1. The van der Waals surface area contributed by atoms with Gasteiger partial charge >= 0.3 is 5.97 Å². The number of likely N-dealkylation sites (tertiary alicyclic amines) is 1. The molecule has 1 aliphatic heterocycles. The summed E-state index contributed by atoms with van der Waals surface area (Å²) in [6, 6.07) is 1.23. The number of nitrogens with zero attached hydrogens (tertiary/aromatic N) is 2. The van der Waals surface area contributed by atoms with Gasteiger partial charge in [-0.3, -0.25) is 4.90 Å². The van der Waals surface area contributed by atoms with E-state index in [4.69, 9.17) is 0 Å². The van der Waals surface area contributed by atoms with Gasteiger partial charge in [-0.25, -0.2) is 9.78 Å². The maximum absolute atomic E-state index is 11.5. The summed E-state index contributed by atoms with van der Waals surface area (Å²) in [6.45, 7) is 11.6. The molecule has 1 N–H and O–H groups in total. The molecule has 1 aliphatic rings. The summed E-state index contributed by atoms with van der Waals surface area (Å²) < 4.78 is 0. The highest BCUT2D eigenvalue weighted by Crippen LogP contribution is 2.30. The summed E-state index contributed by atoms with van der Waals surface area (Å²) >= 11 is 1.35. The van der Waals surface area contributed by atoms with Crippen molar-refractivity contribution < 1.29 is 9.90 Å². The van der Waals surface area contributed by atoms with Gasteiger partial charge in [0.2, 0.25) is 0 Å². The molecule has 0 spiro atoms. The van der Waals surface area contributed by atoms with E-state index in [9.17, 15) is 9.90 Å². The zero-order valence-corrected chi connectivity index (χ0v) is 15.2. The molecule has 2 atom stereocenters. The second-order valence-corrected chi connectivity index (χ2v) is 8.54. The van der Waals surface area contributed by atoms with Gasteiger partial charge in [0, 0.05) is 30.5 Å². The Morgan fingerprint density at radius 2 is 1.91 bits per heavy atom. The summed E-state index contributed by atoms with van der Waals surface area (Å²) in [6.07, 6.45) is 4.68. The van der Waals surface area contributed by atoms with E-state index >= 15 is 0 Å². The van der Waals surface area contributed by atoms with Gasteiger partial charge in [-0.15, -0.1) is 11.3 Å². The number of carboxylic acids is 1. The van der Waals surface area contributed by atoms with Crippen LogP contribution in [0.4, 0.5) is 0 Å². The maximum atomic E-state index is 11.5. The molecule has 0 aliphatic carbocycles. The number of hydrogen-bond acceptors (Lipinski definition) is 4. The van der Waals surface area contributed by atoms with Crippen molar-refractivity contribution in [3.63, 3.8) is 0 Å². The molecule has 4 nitrogen and oxygen atoms in total. The van der Waals surface area contributed by atoms with Gasteiger partial charge in [-0.1, -0.05) is 27.2 Å². The van der Waals surface area contributed by atoms with Crippen LogP contribution in [-0.2, 0) is 11.8 Å². The van der Waals surface area contributed by atoms with Crippen molar-refractivity contribution >= 4 is 17.3 Å². The third-order valence-corrected chi connectivity index (χ3v) is 5.64. The molecule has 2 heterocycles. The third-order valence-electron chi connectivity index (χ3n) is 4.54. The van der Waals surface area contributed by atoms with E-state index in [1.54, 1.807) is 0 Å². The molecule has 0 radical (unpaired) electrons. The molecule has 1 saturated heterocycles. The molecular weight excluding hydrogens is 296 g/mol. The zero-order valence-electron chi connectivity index (χ0n) is 14.3. The molecular formula is C17H28N2O2S. The number of rotatable bonds is 4. The number of carbonyl (C=O) groups is 1. The minimum atomic E-state index is -0.853. The number of carboxylic acid groups (broad SMARTS) is 1. The molecule has 2 rings (SSSR count). The van der Waals surface area contributed by atoms with Crippen LogP contribution in [0.5, 0.6) is 0 Å². The van der Waals surface area contributed by atoms with Crippen LogP contribution in [0, 0.1) is 0 Å². The van der Waals surface area contributed by atoms with Crippen LogP contribution in [0.25, 0.3) is 0 Å². The first-order valence-electron chi connectivity index (χ1n) is 8.19. The Balaban J connectivity index is 2.12. The Morgan fingerprint density at radius 1 is 1.32 bits per heavy atom. The number of aromatic nitrogens is 1. The number of hydrogen-bond donors (Lipinski definition) is 1. The van der Waals surface area contributed by atoms with Crippen LogP contribution < -0.4 is 0 Å². The van der Waals surface area contributed by atoms with Gasteiger partial charge in [0.25, 0.3) is 0 Å². The van der Waals surface area contributed by atoms with Crippen LogP contribution in [0.1, 0.15) is 74.3 Å². The lowest BCUT2D eigenvalue weighted by atomic mass is 9.91. The molecule has 0 aromatic carbocycles. The first-order valence-corrected chi connectivity index (χ1v) is 9.01. The van der Waals surface area contributed by atoms with Crippen molar-refractivity contribution in [2.24, 2.45) is 0 Å². The topological polar surface area (TPSA) is 53.4 Å². The second kappa shape index (κ2) is 6.67. The highest BCUT2D eigenvalue weighted by Gasteiger charge is 2.28. The van der Waals surface area contributed by atoms with Crippen LogP contribution >= 0.6 is 11.3 Å². The minimum absolute atomic E-state index is 0.228. The summed E-state index contributed by atoms with van der Waals surface area (Å²) in [4.78, 5) is 19.0. The van der Waals surface area contributed by atoms with Gasteiger partial charge in [0.15, 0.2) is 0 Å². The first kappa shape index (κ1) is 17.4. The third kappa shape index (κ3) is 3.87. The van der Waals surface area contributed by atoms with Gasteiger partial charge in [-0.05, 0) is 26.7 Å². The summed E-state index contributed by atoms with van der Waals surface area (Å²) in [5.41, 5.74) is 0.494. The maximum Gasteiger partial charge on any atom is 0.347 e. The Labute approximate surface area is 137 Å². The average molecular weight is 324 g/mol. The van der Waals surface area contributed by atoms with E-state index in [1.165, 1.54) is 30.6 Å². The second-order valence-electron chi connectivity index (χ2n) is 7.46. The molecule has 0 saturated carbocycles. The number of piperidine rings is 1. The van der Waals surface area contributed by atoms with Crippen molar-refractivity contribution in [2.45, 2.75) is 77.8 Å². The highest BCUT2D eigenvalue weighted by atomic mass is 32.1. The Hall–Kier alpha value is -0.940. The van der Waals surface area contributed by atoms with E-state index in [0.717, 1.165) is 23.7 Å². The van der Waals surface area contributed by atoms with Crippen molar-refractivity contribution in [1.82, 2.24) is 9.88 Å². The molecule has 5 heteroatoms. The summed E-state index contributed by atoms with van der Waals surface area (Å²) in [5.74, 6) is -0.853. The molecule has 1 fully saturated rings. The quantitative estimate of drug-likeness (QED) is 0.911. The molecule has 1 aromatic heterocycles. The fourth-order valence-corrected chi connectivity index (χ4v) is 4.37. The van der Waals surface area contributed by atoms with E-state index in [2.05, 4.69) is 23.7 Å². The zero-order chi connectivity index (χ0) is 16.5. The van der Waals surface area contributed by atoms with E-state index < -0.39 is 5.97 Å². The smallest absolute Gasteiger partial charge is 0.347 e. The molecule has 124 valence electrons. The predicted octanol–water partition coefficient (Wildman–Crippen LogP) is 3.94. The Bertz CT molecular complexity index is 523. The van der Waals surface area contributed by atoms with Crippen LogP contribution in [0.2, 0.25) is 0 Å². The fourth-order valence-electron chi connectivity index (χ4n) is 3.26. The van der Waals surface area contributed by atoms with Crippen molar-refractivity contribution in [2.75, 3.05) is 6.54 Å². The predicted molar refractivity (Wildman–Crippen MR) is 91.0 cm³/mol. The van der Waals surface area contributed by atoms with Gasteiger partial charge in [0.1, 0.15) is 4.88 Å². The lowest BCUT2D eigenvalue weighted by molar-refractivity contribution is 0.0699. The SMILES string of the molecule is CC1CCCC(C)N1CCc1nc(C(C)(C)C)c(C(=O)O)s1. The normalized spacial score (nSPS) is 23.7. The molecule has 2 unspecified atom stereocenters. The van der Waals surface area contributed by atoms with E-state index in [1.807, 2.05) is 20.8 Å². The van der Waals surface area contributed by atoms with E-state index in [0.29, 0.717) is 17.0 Å². The van der Waals surface area contributed by atoms with Crippen molar-refractivity contribution in [3.05, 3.63) is 15.6 Å². The van der Waals surface area contributed by atoms with Crippen LogP contribution in [0.3, 0.4) is 0 Å². The Kier molecular flexibility index (Phi) is 5.28. The standard InChI is InChI=1S/C17H28N2O2S/c1-11-7-6-8-12(2)19(11)10-9-13-18-15(17(3,4)5)14(22-13)16(20)21/h11-12H,6-10H2,1-5H3,(H,20,21). The van der Waals surface area contributed by atoms with Crippen LogP contribution in [-0.4, -0.2) is 39.6 Å². The van der Waals surface area contributed by atoms with Crippen LogP contribution in [0.15, 0.2) is 0 Å². The van der Waals surface area contributed by atoms with Gasteiger partial charge in [0.05, 0.1) is 10.7 Å². The first-order chi connectivity index (χ1) is 10.2. The summed E-state index contributed by atoms with van der Waals surface area (Å²) in [7, 11) is 0.